The summed E-state index contributed by atoms with van der Waals surface area (Å²) in [4.78, 5) is 12.1. The summed E-state index contributed by atoms with van der Waals surface area (Å²) in [6.07, 6.45) is 1.37. The highest BCUT2D eigenvalue weighted by Gasteiger charge is 2.10. The summed E-state index contributed by atoms with van der Waals surface area (Å²) in [6.45, 7) is 0. The number of benzene rings is 2. The molecule has 0 fully saturated rings. The average molecular weight is 335 g/mol. The van der Waals surface area contributed by atoms with Gasteiger partial charge in [0.1, 0.15) is 17.5 Å². The summed E-state index contributed by atoms with van der Waals surface area (Å²) >= 11 is 11.6. The highest BCUT2D eigenvalue weighted by Crippen LogP contribution is 2.25. The second-order valence-corrected chi connectivity index (χ2v) is 5.12. The third-order valence-corrected chi connectivity index (χ3v) is 3.46. The van der Waals surface area contributed by atoms with E-state index in [4.69, 9.17) is 28.5 Å². The summed E-state index contributed by atoms with van der Waals surface area (Å²) in [5.41, 5.74) is 0.847. The molecule has 0 aliphatic heterocycles. The first kappa shape index (κ1) is 16.0. The van der Waals surface area contributed by atoms with Gasteiger partial charge >= 0.3 is 0 Å². The van der Waals surface area contributed by atoms with Crippen LogP contribution in [0.1, 0.15) is 5.56 Å². The third kappa shape index (κ3) is 4.08. The van der Waals surface area contributed by atoms with Crippen molar-refractivity contribution in [2.24, 2.45) is 0 Å². The SMILES string of the molecule is N#C/C(=C/c1ccc(F)cc1)C(=O)Nc1ccc(Cl)c(Cl)c1. The van der Waals surface area contributed by atoms with Crippen LogP contribution >= 0.6 is 23.2 Å². The van der Waals surface area contributed by atoms with Gasteiger partial charge < -0.3 is 5.32 Å². The zero-order chi connectivity index (χ0) is 16.1. The minimum absolute atomic E-state index is 0.113. The van der Waals surface area contributed by atoms with Crippen LogP contribution in [0.4, 0.5) is 10.1 Å². The summed E-state index contributed by atoms with van der Waals surface area (Å²) in [6, 6.07) is 11.8. The highest BCUT2D eigenvalue weighted by atomic mass is 35.5. The standard InChI is InChI=1S/C16H9Cl2FN2O/c17-14-6-5-13(8-15(14)18)21-16(22)11(9-20)7-10-1-3-12(19)4-2-10/h1-8H,(H,21,22)/b11-7-. The Bertz CT molecular complexity index is 780. The summed E-state index contributed by atoms with van der Waals surface area (Å²) in [7, 11) is 0. The fraction of sp³-hybridized carbons (Fsp3) is 0. The van der Waals surface area contributed by atoms with E-state index < -0.39 is 11.7 Å². The van der Waals surface area contributed by atoms with Crippen molar-refractivity contribution in [3.05, 3.63) is 69.5 Å². The van der Waals surface area contributed by atoms with Gasteiger partial charge in [-0.1, -0.05) is 35.3 Å². The van der Waals surface area contributed by atoms with Crippen molar-refractivity contribution in [2.45, 2.75) is 0 Å². The van der Waals surface area contributed by atoms with Crippen molar-refractivity contribution in [1.82, 2.24) is 0 Å². The predicted octanol–water partition coefficient (Wildman–Crippen LogP) is 4.68. The van der Waals surface area contributed by atoms with E-state index >= 15 is 0 Å². The molecule has 2 aromatic rings. The Balaban J connectivity index is 2.20. The van der Waals surface area contributed by atoms with Crippen molar-refractivity contribution < 1.29 is 9.18 Å². The topological polar surface area (TPSA) is 52.9 Å². The van der Waals surface area contributed by atoms with E-state index in [2.05, 4.69) is 5.32 Å². The molecule has 3 nitrogen and oxygen atoms in total. The van der Waals surface area contributed by atoms with Gasteiger partial charge in [0, 0.05) is 5.69 Å². The molecule has 0 heterocycles. The minimum atomic E-state index is -0.592. The number of nitriles is 1. The third-order valence-electron chi connectivity index (χ3n) is 2.72. The number of carbonyl (C=O) groups excluding carboxylic acids is 1. The molecule has 0 atom stereocenters. The smallest absolute Gasteiger partial charge is 0.266 e. The number of carbonyl (C=O) groups is 1. The monoisotopic (exact) mass is 334 g/mol. The lowest BCUT2D eigenvalue weighted by molar-refractivity contribution is -0.112. The number of anilines is 1. The summed E-state index contributed by atoms with van der Waals surface area (Å²) in [5.74, 6) is -0.985. The van der Waals surface area contributed by atoms with Crippen molar-refractivity contribution in [3.8, 4) is 6.07 Å². The number of halogens is 3. The fourth-order valence-corrected chi connectivity index (χ4v) is 1.94. The molecule has 0 bridgehead atoms. The Hall–Kier alpha value is -2.35. The first-order chi connectivity index (χ1) is 10.5. The number of amides is 1. The zero-order valence-electron chi connectivity index (χ0n) is 11.1. The van der Waals surface area contributed by atoms with E-state index in [1.165, 1.54) is 42.5 Å². The average Bonchev–Trinajstić information content (AvgIpc) is 2.50. The number of nitrogens with zero attached hydrogens (tertiary/aromatic N) is 1. The van der Waals surface area contributed by atoms with Crippen molar-refractivity contribution in [1.29, 1.82) is 5.26 Å². The number of hydrogen-bond acceptors (Lipinski definition) is 2. The molecule has 1 amide bonds. The normalized spacial score (nSPS) is 10.9. The Morgan fingerprint density at radius 3 is 2.41 bits per heavy atom. The summed E-state index contributed by atoms with van der Waals surface area (Å²) < 4.78 is 12.8. The molecule has 0 saturated carbocycles. The van der Waals surface area contributed by atoms with Crippen LogP contribution < -0.4 is 5.32 Å². The molecule has 110 valence electrons. The van der Waals surface area contributed by atoms with Crippen LogP contribution in [0.25, 0.3) is 6.08 Å². The molecule has 0 aromatic heterocycles. The molecule has 2 aromatic carbocycles. The van der Waals surface area contributed by atoms with Crippen LogP contribution in [-0.4, -0.2) is 5.91 Å². The Kier molecular flexibility index (Phi) is 5.16. The molecule has 0 aliphatic carbocycles. The predicted molar refractivity (Wildman–Crippen MR) is 85.1 cm³/mol. The van der Waals surface area contributed by atoms with Gasteiger partial charge in [-0.05, 0) is 42.0 Å². The Labute approximate surface area is 136 Å². The number of nitrogens with one attached hydrogen (secondary N) is 1. The molecular formula is C16H9Cl2FN2O. The lowest BCUT2D eigenvalue weighted by atomic mass is 10.1. The lowest BCUT2D eigenvalue weighted by Crippen LogP contribution is -2.13. The molecule has 6 heteroatoms. The van der Waals surface area contributed by atoms with Crippen molar-refractivity contribution in [3.63, 3.8) is 0 Å². The molecule has 0 unspecified atom stereocenters. The maximum absolute atomic E-state index is 12.8. The largest absolute Gasteiger partial charge is 0.321 e. The molecule has 1 N–H and O–H groups in total. The Morgan fingerprint density at radius 1 is 1.14 bits per heavy atom. The molecule has 0 saturated heterocycles. The van der Waals surface area contributed by atoms with Gasteiger partial charge in [-0.15, -0.1) is 0 Å². The maximum atomic E-state index is 12.8. The summed E-state index contributed by atoms with van der Waals surface area (Å²) in [5, 5.41) is 12.3. The molecule has 2 rings (SSSR count). The molecule has 0 radical (unpaired) electrons. The second kappa shape index (κ2) is 7.08. The maximum Gasteiger partial charge on any atom is 0.266 e. The van der Waals surface area contributed by atoms with Crippen LogP contribution in [0.15, 0.2) is 48.0 Å². The Morgan fingerprint density at radius 2 is 1.82 bits per heavy atom. The van der Waals surface area contributed by atoms with Crippen LogP contribution in [0.3, 0.4) is 0 Å². The van der Waals surface area contributed by atoms with Gasteiger partial charge in [0.25, 0.3) is 5.91 Å². The molecule has 22 heavy (non-hydrogen) atoms. The molecular weight excluding hydrogens is 326 g/mol. The first-order valence-electron chi connectivity index (χ1n) is 6.13. The first-order valence-corrected chi connectivity index (χ1v) is 6.89. The number of rotatable bonds is 3. The zero-order valence-corrected chi connectivity index (χ0v) is 12.6. The van der Waals surface area contributed by atoms with Gasteiger partial charge in [0.15, 0.2) is 0 Å². The second-order valence-electron chi connectivity index (χ2n) is 4.30. The van der Waals surface area contributed by atoms with E-state index in [0.717, 1.165) is 0 Å². The highest BCUT2D eigenvalue weighted by molar-refractivity contribution is 6.42. The quantitative estimate of drug-likeness (QED) is 0.654. The van der Waals surface area contributed by atoms with E-state index in [-0.39, 0.29) is 5.57 Å². The lowest BCUT2D eigenvalue weighted by Gasteiger charge is -2.05. The van der Waals surface area contributed by atoms with Crippen molar-refractivity contribution in [2.75, 3.05) is 5.32 Å². The molecule has 0 aliphatic rings. The van der Waals surface area contributed by atoms with Crippen LogP contribution in [-0.2, 0) is 4.79 Å². The van der Waals surface area contributed by atoms with E-state index in [1.54, 1.807) is 6.07 Å². The van der Waals surface area contributed by atoms with E-state index in [1.807, 2.05) is 6.07 Å². The number of hydrogen-bond donors (Lipinski definition) is 1. The van der Waals surface area contributed by atoms with E-state index in [0.29, 0.717) is 21.3 Å². The van der Waals surface area contributed by atoms with Gasteiger partial charge in [-0.3, -0.25) is 4.79 Å². The van der Waals surface area contributed by atoms with Gasteiger partial charge in [-0.25, -0.2) is 4.39 Å². The minimum Gasteiger partial charge on any atom is -0.321 e. The van der Waals surface area contributed by atoms with Crippen LogP contribution in [0.5, 0.6) is 0 Å². The van der Waals surface area contributed by atoms with Crippen molar-refractivity contribution >= 4 is 40.9 Å². The van der Waals surface area contributed by atoms with Crippen LogP contribution in [0, 0.1) is 17.1 Å². The fourth-order valence-electron chi connectivity index (χ4n) is 1.65. The van der Waals surface area contributed by atoms with Gasteiger partial charge in [-0.2, -0.15) is 5.26 Å². The van der Waals surface area contributed by atoms with Crippen LogP contribution in [0.2, 0.25) is 10.0 Å². The molecule has 0 spiro atoms. The van der Waals surface area contributed by atoms with E-state index in [9.17, 15) is 9.18 Å². The van der Waals surface area contributed by atoms with Gasteiger partial charge in [0.2, 0.25) is 0 Å². The van der Waals surface area contributed by atoms with Gasteiger partial charge in [0.05, 0.1) is 10.0 Å².